The average molecular weight is 251 g/mol. The number of hydrogen-bond acceptors (Lipinski definition) is 3. The Morgan fingerprint density at radius 3 is 2.94 bits per heavy atom. The first-order chi connectivity index (χ1) is 8.42. The van der Waals surface area contributed by atoms with Gasteiger partial charge in [0.1, 0.15) is 0 Å². The molecule has 3 heteroatoms. The van der Waals surface area contributed by atoms with Crippen LogP contribution in [0.2, 0.25) is 0 Å². The number of methoxy groups -OCH3 is 1. The summed E-state index contributed by atoms with van der Waals surface area (Å²) >= 11 is 0. The second-order valence-electron chi connectivity index (χ2n) is 6.40. The molecular formula is C15H25NO2. The van der Waals surface area contributed by atoms with Gasteiger partial charge in [0.05, 0.1) is 7.11 Å². The molecule has 1 fully saturated rings. The summed E-state index contributed by atoms with van der Waals surface area (Å²) in [5.41, 5.74) is 1.68. The highest BCUT2D eigenvalue weighted by Crippen LogP contribution is 2.41. The van der Waals surface area contributed by atoms with Crippen molar-refractivity contribution in [3.8, 4) is 0 Å². The normalized spacial score (nSPS) is 33.8. The van der Waals surface area contributed by atoms with Gasteiger partial charge >= 0.3 is 5.97 Å². The van der Waals surface area contributed by atoms with Gasteiger partial charge in [-0.25, -0.2) is 0 Å². The first-order valence-corrected chi connectivity index (χ1v) is 6.94. The number of hydrogen-bond donors (Lipinski definition) is 1. The minimum atomic E-state index is -0.103. The van der Waals surface area contributed by atoms with Crippen LogP contribution >= 0.6 is 0 Å². The van der Waals surface area contributed by atoms with Crippen molar-refractivity contribution in [1.82, 2.24) is 5.32 Å². The zero-order valence-electron chi connectivity index (χ0n) is 12.0. The largest absolute Gasteiger partial charge is 0.469 e. The first kappa shape index (κ1) is 13.6. The number of rotatable bonds is 3. The Kier molecular flexibility index (Phi) is 3.81. The summed E-state index contributed by atoms with van der Waals surface area (Å²) in [6.45, 7) is 6.81. The SMILES string of the molecule is COC(=O)CCC1NC(C)(C)C2CC(C)=CC1C2. The Balaban J connectivity index is 2.06. The van der Waals surface area contributed by atoms with Crippen LogP contribution in [0.4, 0.5) is 0 Å². The van der Waals surface area contributed by atoms with Gasteiger partial charge in [-0.1, -0.05) is 11.6 Å². The van der Waals surface area contributed by atoms with Crippen LogP contribution < -0.4 is 5.32 Å². The van der Waals surface area contributed by atoms with Crippen LogP contribution in [-0.2, 0) is 9.53 Å². The van der Waals surface area contributed by atoms with E-state index in [1.165, 1.54) is 25.5 Å². The van der Waals surface area contributed by atoms with Crippen molar-refractivity contribution in [1.29, 1.82) is 0 Å². The van der Waals surface area contributed by atoms with Gasteiger partial charge in [-0.2, -0.15) is 0 Å². The van der Waals surface area contributed by atoms with E-state index >= 15 is 0 Å². The van der Waals surface area contributed by atoms with E-state index < -0.39 is 0 Å². The number of carbonyl (C=O) groups excluding carboxylic acids is 1. The molecule has 2 bridgehead atoms. The zero-order valence-corrected chi connectivity index (χ0v) is 12.0. The van der Waals surface area contributed by atoms with Crippen LogP contribution in [-0.4, -0.2) is 24.7 Å². The van der Waals surface area contributed by atoms with Crippen LogP contribution in [0.5, 0.6) is 0 Å². The molecule has 3 nitrogen and oxygen atoms in total. The van der Waals surface area contributed by atoms with Gasteiger partial charge < -0.3 is 10.1 Å². The van der Waals surface area contributed by atoms with Crippen molar-refractivity contribution >= 4 is 5.97 Å². The molecule has 0 aromatic rings. The van der Waals surface area contributed by atoms with Crippen molar-refractivity contribution in [2.45, 2.75) is 58.0 Å². The van der Waals surface area contributed by atoms with E-state index in [2.05, 4.69) is 32.2 Å². The van der Waals surface area contributed by atoms with Gasteiger partial charge in [0.15, 0.2) is 0 Å². The number of esters is 1. The highest BCUT2D eigenvalue weighted by molar-refractivity contribution is 5.69. The summed E-state index contributed by atoms with van der Waals surface area (Å²) in [7, 11) is 1.46. The third kappa shape index (κ3) is 2.77. The number of piperidine rings is 1. The molecule has 1 aliphatic carbocycles. The molecule has 0 aromatic carbocycles. The molecular weight excluding hydrogens is 226 g/mol. The highest BCUT2D eigenvalue weighted by atomic mass is 16.5. The van der Waals surface area contributed by atoms with E-state index in [1.54, 1.807) is 0 Å². The first-order valence-electron chi connectivity index (χ1n) is 6.94. The summed E-state index contributed by atoms with van der Waals surface area (Å²) < 4.78 is 4.74. The lowest BCUT2D eigenvalue weighted by Crippen LogP contribution is -2.59. The quantitative estimate of drug-likeness (QED) is 0.619. The van der Waals surface area contributed by atoms with Crippen LogP contribution in [0.3, 0.4) is 0 Å². The van der Waals surface area contributed by atoms with Crippen LogP contribution in [0.25, 0.3) is 0 Å². The lowest BCUT2D eigenvalue weighted by Gasteiger charge is -2.50. The summed E-state index contributed by atoms with van der Waals surface area (Å²) in [6.07, 6.45) is 6.25. The lowest BCUT2D eigenvalue weighted by atomic mass is 9.66. The van der Waals surface area contributed by atoms with Gasteiger partial charge in [-0.05, 0) is 51.9 Å². The fourth-order valence-corrected chi connectivity index (χ4v) is 3.50. The maximum absolute atomic E-state index is 11.3. The van der Waals surface area contributed by atoms with Crippen molar-refractivity contribution in [2.24, 2.45) is 11.8 Å². The van der Waals surface area contributed by atoms with Crippen molar-refractivity contribution in [3.05, 3.63) is 11.6 Å². The lowest BCUT2D eigenvalue weighted by molar-refractivity contribution is -0.141. The second-order valence-corrected chi connectivity index (χ2v) is 6.40. The number of nitrogens with one attached hydrogen (secondary N) is 1. The number of fused-ring (bicyclic) bond motifs is 2. The Morgan fingerprint density at radius 2 is 2.28 bits per heavy atom. The molecule has 3 unspecified atom stereocenters. The molecule has 0 radical (unpaired) electrons. The standard InChI is InChI=1S/C15H25NO2/c1-10-7-11-9-12(8-10)15(2,3)16-13(11)5-6-14(17)18-4/h7,11-13,16H,5-6,8-9H2,1-4H3. The topological polar surface area (TPSA) is 38.3 Å². The molecule has 0 amide bonds. The van der Waals surface area contributed by atoms with Crippen molar-refractivity contribution < 1.29 is 9.53 Å². The summed E-state index contributed by atoms with van der Waals surface area (Å²) in [4.78, 5) is 11.3. The molecule has 1 heterocycles. The van der Waals surface area contributed by atoms with E-state index in [0.717, 1.165) is 12.3 Å². The summed E-state index contributed by atoms with van der Waals surface area (Å²) in [5, 5.41) is 3.74. The number of ether oxygens (including phenoxy) is 1. The van der Waals surface area contributed by atoms with Crippen LogP contribution in [0, 0.1) is 11.8 Å². The predicted molar refractivity (Wildman–Crippen MR) is 72.2 cm³/mol. The maximum atomic E-state index is 11.3. The van der Waals surface area contributed by atoms with E-state index in [9.17, 15) is 4.79 Å². The van der Waals surface area contributed by atoms with Crippen molar-refractivity contribution in [3.63, 3.8) is 0 Å². The minimum Gasteiger partial charge on any atom is -0.469 e. The molecule has 3 atom stereocenters. The predicted octanol–water partition coefficient (Wildman–Crippen LogP) is 2.66. The third-order valence-corrected chi connectivity index (χ3v) is 4.61. The summed E-state index contributed by atoms with van der Waals surface area (Å²) in [5.74, 6) is 1.21. The number of carbonyl (C=O) groups is 1. The molecule has 0 aromatic heterocycles. The molecule has 102 valence electrons. The smallest absolute Gasteiger partial charge is 0.305 e. The van der Waals surface area contributed by atoms with E-state index in [-0.39, 0.29) is 11.5 Å². The molecule has 18 heavy (non-hydrogen) atoms. The zero-order chi connectivity index (χ0) is 13.3. The maximum Gasteiger partial charge on any atom is 0.305 e. The molecule has 2 aliphatic rings. The van der Waals surface area contributed by atoms with E-state index in [0.29, 0.717) is 18.4 Å². The molecule has 0 spiro atoms. The molecule has 2 rings (SSSR count). The molecule has 0 saturated carbocycles. The monoisotopic (exact) mass is 251 g/mol. The van der Waals surface area contributed by atoms with Gasteiger partial charge in [0, 0.05) is 18.0 Å². The van der Waals surface area contributed by atoms with Crippen molar-refractivity contribution in [2.75, 3.05) is 7.11 Å². The Hall–Kier alpha value is -0.830. The molecule has 1 N–H and O–H groups in total. The molecule has 1 aliphatic heterocycles. The Bertz CT molecular complexity index is 360. The average Bonchev–Trinajstić information content (AvgIpc) is 2.31. The second kappa shape index (κ2) is 5.04. The molecule has 1 saturated heterocycles. The van der Waals surface area contributed by atoms with E-state index in [4.69, 9.17) is 4.74 Å². The van der Waals surface area contributed by atoms with Gasteiger partial charge in [-0.15, -0.1) is 0 Å². The van der Waals surface area contributed by atoms with Crippen LogP contribution in [0.1, 0.15) is 46.5 Å². The fraction of sp³-hybridized carbons (Fsp3) is 0.800. The van der Waals surface area contributed by atoms with Crippen LogP contribution in [0.15, 0.2) is 11.6 Å². The highest BCUT2D eigenvalue weighted by Gasteiger charge is 2.42. The van der Waals surface area contributed by atoms with Gasteiger partial charge in [-0.3, -0.25) is 4.79 Å². The minimum absolute atomic E-state index is 0.103. The third-order valence-electron chi connectivity index (χ3n) is 4.61. The fourth-order valence-electron chi connectivity index (χ4n) is 3.50. The Labute approximate surface area is 110 Å². The van der Waals surface area contributed by atoms with Gasteiger partial charge in [0.2, 0.25) is 0 Å². The Morgan fingerprint density at radius 1 is 1.56 bits per heavy atom. The number of allylic oxidation sites excluding steroid dienone is 1. The van der Waals surface area contributed by atoms with Gasteiger partial charge in [0.25, 0.3) is 0 Å². The summed E-state index contributed by atoms with van der Waals surface area (Å²) in [6, 6.07) is 0.408. The van der Waals surface area contributed by atoms with E-state index in [1.807, 2.05) is 0 Å².